The second-order valence-corrected chi connectivity index (χ2v) is 6.36. The van der Waals surface area contributed by atoms with Gasteiger partial charge in [0.25, 0.3) is 20.2 Å². The van der Waals surface area contributed by atoms with Crippen LogP contribution in [-0.2, 0) is 20.2 Å². The minimum Gasteiger partial charge on any atom is -0.285 e. The molecule has 1 aromatic rings. The maximum Gasteiger partial charge on any atom is 0.294 e. The molecule has 0 aliphatic carbocycles. The van der Waals surface area contributed by atoms with E-state index in [1.54, 1.807) is 0 Å². The molecule has 0 aliphatic rings. The standard InChI is InChI=1S/C8H10O6S2/c1-6(15(9,10)11)7-2-4-8(5-3-7)16(12,13)14/h2-6H,1H3,(H,9,10,11)(H,12,13,14). The molecule has 0 radical (unpaired) electrons. The summed E-state index contributed by atoms with van der Waals surface area (Å²) in [6, 6.07) is 4.54. The molecule has 6 nitrogen and oxygen atoms in total. The Morgan fingerprint density at radius 2 is 1.44 bits per heavy atom. The maximum atomic E-state index is 10.8. The van der Waals surface area contributed by atoms with E-state index >= 15 is 0 Å². The average Bonchev–Trinajstić information content (AvgIpc) is 2.14. The summed E-state index contributed by atoms with van der Waals surface area (Å²) in [5, 5.41) is -1.15. The highest BCUT2D eigenvalue weighted by molar-refractivity contribution is 7.86. The largest absolute Gasteiger partial charge is 0.294 e. The SMILES string of the molecule is CC(c1ccc(S(=O)(=O)O)cc1)S(=O)(=O)O. The van der Waals surface area contributed by atoms with Crippen molar-refractivity contribution in [3.63, 3.8) is 0 Å². The van der Waals surface area contributed by atoms with E-state index in [1.807, 2.05) is 0 Å². The van der Waals surface area contributed by atoms with Gasteiger partial charge in [-0.1, -0.05) is 12.1 Å². The van der Waals surface area contributed by atoms with Crippen LogP contribution in [-0.4, -0.2) is 25.9 Å². The van der Waals surface area contributed by atoms with E-state index in [9.17, 15) is 16.8 Å². The number of hydrogen-bond acceptors (Lipinski definition) is 4. The Balaban J connectivity index is 3.15. The van der Waals surface area contributed by atoms with E-state index in [4.69, 9.17) is 9.11 Å². The van der Waals surface area contributed by atoms with Crippen molar-refractivity contribution in [2.75, 3.05) is 0 Å². The van der Waals surface area contributed by atoms with Gasteiger partial charge in [-0.25, -0.2) is 0 Å². The molecule has 0 aliphatic heterocycles. The number of rotatable bonds is 3. The van der Waals surface area contributed by atoms with Gasteiger partial charge in [0.1, 0.15) is 5.25 Å². The van der Waals surface area contributed by atoms with E-state index in [1.165, 1.54) is 19.1 Å². The first kappa shape index (κ1) is 13.1. The van der Waals surface area contributed by atoms with Crippen molar-refractivity contribution in [1.82, 2.24) is 0 Å². The van der Waals surface area contributed by atoms with Crippen molar-refractivity contribution in [2.24, 2.45) is 0 Å². The van der Waals surface area contributed by atoms with E-state index in [2.05, 4.69) is 0 Å². The van der Waals surface area contributed by atoms with Crippen molar-refractivity contribution >= 4 is 20.2 Å². The van der Waals surface area contributed by atoms with Crippen molar-refractivity contribution in [2.45, 2.75) is 17.1 Å². The summed E-state index contributed by atoms with van der Waals surface area (Å²) < 4.78 is 60.5. The highest BCUT2D eigenvalue weighted by atomic mass is 32.2. The lowest BCUT2D eigenvalue weighted by Crippen LogP contribution is -2.08. The van der Waals surface area contributed by atoms with E-state index < -0.39 is 25.5 Å². The molecule has 0 spiro atoms. The summed E-state index contributed by atoms with van der Waals surface area (Å²) >= 11 is 0. The molecule has 0 fully saturated rings. The number of hydrogen-bond donors (Lipinski definition) is 2. The van der Waals surface area contributed by atoms with Gasteiger partial charge >= 0.3 is 0 Å². The topological polar surface area (TPSA) is 109 Å². The average molecular weight is 266 g/mol. The Morgan fingerprint density at radius 1 is 1.00 bits per heavy atom. The van der Waals surface area contributed by atoms with Gasteiger partial charge in [-0.2, -0.15) is 16.8 Å². The molecular weight excluding hydrogens is 256 g/mol. The lowest BCUT2D eigenvalue weighted by Gasteiger charge is -2.08. The third-order valence-electron chi connectivity index (χ3n) is 2.09. The summed E-state index contributed by atoms with van der Waals surface area (Å²) in [7, 11) is -8.51. The third-order valence-corrected chi connectivity index (χ3v) is 4.13. The molecular formula is C8H10O6S2. The smallest absolute Gasteiger partial charge is 0.285 e. The van der Waals surface area contributed by atoms with Gasteiger partial charge in [0, 0.05) is 0 Å². The van der Waals surface area contributed by atoms with Crippen LogP contribution in [0.25, 0.3) is 0 Å². The summed E-state index contributed by atoms with van der Waals surface area (Å²) in [4.78, 5) is -0.334. The van der Waals surface area contributed by atoms with E-state index in [0.29, 0.717) is 0 Å². The molecule has 8 heteroatoms. The van der Waals surface area contributed by atoms with Crippen LogP contribution in [0.5, 0.6) is 0 Å². The first-order chi connectivity index (χ1) is 7.12. The van der Waals surface area contributed by atoms with Gasteiger partial charge in [-0.3, -0.25) is 9.11 Å². The van der Waals surface area contributed by atoms with Gasteiger partial charge in [0.15, 0.2) is 0 Å². The molecule has 0 bridgehead atoms. The Hall–Kier alpha value is -0.960. The molecule has 16 heavy (non-hydrogen) atoms. The predicted molar refractivity (Wildman–Crippen MR) is 56.2 cm³/mol. The molecule has 0 saturated carbocycles. The Kier molecular flexibility index (Phi) is 3.38. The van der Waals surface area contributed by atoms with E-state index in [0.717, 1.165) is 12.1 Å². The molecule has 1 aromatic carbocycles. The Morgan fingerprint density at radius 3 is 1.75 bits per heavy atom. The summed E-state index contributed by atoms with van der Waals surface area (Å²) in [5.74, 6) is 0. The molecule has 1 atom stereocenters. The van der Waals surface area contributed by atoms with Crippen LogP contribution in [0.3, 0.4) is 0 Å². The van der Waals surface area contributed by atoms with Crippen LogP contribution in [0.1, 0.15) is 17.7 Å². The minimum atomic E-state index is -4.29. The monoisotopic (exact) mass is 266 g/mol. The normalized spacial score (nSPS) is 14.7. The van der Waals surface area contributed by atoms with Crippen LogP contribution in [0.4, 0.5) is 0 Å². The molecule has 2 N–H and O–H groups in total. The molecule has 1 rings (SSSR count). The Bertz CT molecular complexity index is 569. The zero-order valence-corrected chi connectivity index (χ0v) is 9.86. The summed E-state index contributed by atoms with van der Waals surface area (Å²) in [5.41, 5.74) is 0.231. The zero-order chi connectivity index (χ0) is 12.6. The minimum absolute atomic E-state index is 0.231. The van der Waals surface area contributed by atoms with Crippen LogP contribution < -0.4 is 0 Å². The molecule has 90 valence electrons. The Labute approximate surface area is 93.4 Å². The second-order valence-electron chi connectivity index (χ2n) is 3.20. The van der Waals surface area contributed by atoms with Crippen molar-refractivity contribution in [1.29, 1.82) is 0 Å². The second kappa shape index (κ2) is 4.13. The molecule has 0 heterocycles. The summed E-state index contributed by atoms with van der Waals surface area (Å²) in [6.45, 7) is 1.26. The first-order valence-corrected chi connectivity index (χ1v) is 7.10. The zero-order valence-electron chi connectivity index (χ0n) is 8.23. The fourth-order valence-electron chi connectivity index (χ4n) is 1.08. The first-order valence-electron chi connectivity index (χ1n) is 4.16. The molecule has 0 aromatic heterocycles. The van der Waals surface area contributed by atoms with Crippen LogP contribution in [0, 0.1) is 0 Å². The predicted octanol–water partition coefficient (Wildman–Crippen LogP) is 0.882. The molecule has 0 amide bonds. The van der Waals surface area contributed by atoms with Gasteiger partial charge < -0.3 is 0 Å². The number of benzene rings is 1. The fraction of sp³-hybridized carbons (Fsp3) is 0.250. The summed E-state index contributed by atoms with van der Waals surface area (Å²) in [6.07, 6.45) is 0. The van der Waals surface area contributed by atoms with Crippen LogP contribution in [0.2, 0.25) is 0 Å². The van der Waals surface area contributed by atoms with Gasteiger partial charge in [0.05, 0.1) is 4.90 Å². The maximum absolute atomic E-state index is 10.8. The lowest BCUT2D eigenvalue weighted by atomic mass is 10.2. The highest BCUT2D eigenvalue weighted by Crippen LogP contribution is 2.21. The van der Waals surface area contributed by atoms with Gasteiger partial charge in [-0.05, 0) is 24.6 Å². The van der Waals surface area contributed by atoms with Crippen molar-refractivity contribution < 1.29 is 25.9 Å². The van der Waals surface area contributed by atoms with Crippen LogP contribution >= 0.6 is 0 Å². The molecule has 0 saturated heterocycles. The van der Waals surface area contributed by atoms with Crippen LogP contribution in [0.15, 0.2) is 29.2 Å². The van der Waals surface area contributed by atoms with Gasteiger partial charge in [0.2, 0.25) is 0 Å². The van der Waals surface area contributed by atoms with Crippen molar-refractivity contribution in [3.05, 3.63) is 29.8 Å². The molecule has 1 unspecified atom stereocenters. The highest BCUT2D eigenvalue weighted by Gasteiger charge is 2.20. The van der Waals surface area contributed by atoms with E-state index in [-0.39, 0.29) is 10.5 Å². The quantitative estimate of drug-likeness (QED) is 0.786. The lowest BCUT2D eigenvalue weighted by molar-refractivity contribution is 0.472. The fourth-order valence-corrected chi connectivity index (χ4v) is 2.06. The van der Waals surface area contributed by atoms with Gasteiger partial charge in [-0.15, -0.1) is 0 Å². The van der Waals surface area contributed by atoms with Crippen molar-refractivity contribution in [3.8, 4) is 0 Å². The third kappa shape index (κ3) is 3.01.